The van der Waals surface area contributed by atoms with Crippen molar-refractivity contribution in [3.63, 3.8) is 0 Å². The summed E-state index contributed by atoms with van der Waals surface area (Å²) in [4.78, 5) is 11.6. The van der Waals surface area contributed by atoms with Crippen molar-refractivity contribution in [2.75, 3.05) is 24.9 Å². The molecule has 4 nitrogen and oxygen atoms in total. The number of aliphatic hydroxyl groups excluding tert-OH is 1. The van der Waals surface area contributed by atoms with Gasteiger partial charge in [-0.3, -0.25) is 0 Å². The fourth-order valence-corrected chi connectivity index (χ4v) is 1.69. The van der Waals surface area contributed by atoms with Crippen molar-refractivity contribution in [1.29, 1.82) is 0 Å². The number of nitrogens with one attached hydrogen (secondary N) is 1. The number of hydrogen-bond acceptors (Lipinski definition) is 4. The largest absolute Gasteiger partial charge is 0.465 e. The summed E-state index contributed by atoms with van der Waals surface area (Å²) in [5.74, 6) is -0.460. The Morgan fingerprint density at radius 1 is 1.44 bits per heavy atom. The van der Waals surface area contributed by atoms with E-state index in [-0.39, 0.29) is 23.0 Å². The number of carbonyl (C=O) groups is 1. The van der Waals surface area contributed by atoms with Gasteiger partial charge in [0.15, 0.2) is 0 Å². The molecule has 0 aromatic heterocycles. The molecule has 2 N–H and O–H groups in total. The standard InChI is InChI=1S/C11H12Cl3NO3/c1-18-11(17)7-2-8(13)9(14)3-10(7)15-5-6(16)4-12/h2-3,6,15-16H,4-5H2,1H3. The van der Waals surface area contributed by atoms with Crippen molar-refractivity contribution in [3.05, 3.63) is 27.7 Å². The monoisotopic (exact) mass is 311 g/mol. The number of benzene rings is 1. The minimum atomic E-state index is -0.730. The van der Waals surface area contributed by atoms with Crippen LogP contribution in [0.25, 0.3) is 0 Å². The van der Waals surface area contributed by atoms with Crippen molar-refractivity contribution in [1.82, 2.24) is 0 Å². The Morgan fingerprint density at radius 3 is 2.61 bits per heavy atom. The summed E-state index contributed by atoms with van der Waals surface area (Å²) >= 11 is 17.2. The average molecular weight is 313 g/mol. The van der Waals surface area contributed by atoms with Gasteiger partial charge in [0.1, 0.15) is 0 Å². The molecule has 0 heterocycles. The van der Waals surface area contributed by atoms with Gasteiger partial charge in [-0.05, 0) is 12.1 Å². The number of halogens is 3. The molecular weight excluding hydrogens is 300 g/mol. The van der Waals surface area contributed by atoms with Gasteiger partial charge in [0.25, 0.3) is 0 Å². The Bertz CT molecular complexity index is 440. The van der Waals surface area contributed by atoms with Crippen LogP contribution in [0.1, 0.15) is 10.4 Å². The molecule has 1 rings (SSSR count). The Kier molecular flexibility index (Phi) is 6.02. The van der Waals surface area contributed by atoms with Gasteiger partial charge in [0.05, 0.1) is 40.4 Å². The van der Waals surface area contributed by atoms with E-state index < -0.39 is 12.1 Å². The van der Waals surface area contributed by atoms with Crippen LogP contribution in [-0.4, -0.2) is 36.7 Å². The number of methoxy groups -OCH3 is 1. The maximum absolute atomic E-state index is 11.6. The van der Waals surface area contributed by atoms with Gasteiger partial charge in [0, 0.05) is 6.54 Å². The van der Waals surface area contributed by atoms with Crippen LogP contribution in [0.2, 0.25) is 10.0 Å². The third-order valence-electron chi connectivity index (χ3n) is 2.17. The molecule has 1 unspecified atom stereocenters. The summed E-state index contributed by atoms with van der Waals surface area (Å²) < 4.78 is 4.64. The van der Waals surface area contributed by atoms with E-state index >= 15 is 0 Å². The van der Waals surface area contributed by atoms with E-state index in [1.165, 1.54) is 19.2 Å². The second kappa shape index (κ2) is 7.04. The summed E-state index contributed by atoms with van der Waals surface area (Å²) in [5, 5.41) is 12.8. The van der Waals surface area contributed by atoms with Crippen molar-refractivity contribution in [3.8, 4) is 0 Å². The van der Waals surface area contributed by atoms with E-state index in [1.807, 2.05) is 0 Å². The molecule has 0 fully saturated rings. The lowest BCUT2D eigenvalue weighted by atomic mass is 10.1. The van der Waals surface area contributed by atoms with Crippen molar-refractivity contribution < 1.29 is 14.6 Å². The summed E-state index contributed by atoms with van der Waals surface area (Å²) in [6, 6.07) is 2.90. The molecule has 0 bridgehead atoms. The number of carbonyl (C=O) groups excluding carboxylic acids is 1. The Balaban J connectivity index is 3.00. The van der Waals surface area contributed by atoms with Crippen molar-refractivity contribution in [2.45, 2.75) is 6.10 Å². The zero-order valence-electron chi connectivity index (χ0n) is 9.54. The number of ether oxygens (including phenoxy) is 1. The summed E-state index contributed by atoms with van der Waals surface area (Å²) in [6.45, 7) is 0.186. The van der Waals surface area contributed by atoms with Gasteiger partial charge in [-0.15, -0.1) is 11.6 Å². The molecule has 7 heteroatoms. The summed E-state index contributed by atoms with van der Waals surface area (Å²) in [6.07, 6.45) is -0.730. The third-order valence-corrected chi connectivity index (χ3v) is 3.25. The SMILES string of the molecule is COC(=O)c1cc(Cl)c(Cl)cc1NCC(O)CCl. The molecule has 1 aromatic rings. The van der Waals surface area contributed by atoms with Gasteiger partial charge in [-0.1, -0.05) is 23.2 Å². The highest BCUT2D eigenvalue weighted by atomic mass is 35.5. The molecule has 0 aliphatic carbocycles. The molecule has 0 spiro atoms. The van der Waals surface area contributed by atoms with E-state index in [9.17, 15) is 9.90 Å². The second-order valence-corrected chi connectivity index (χ2v) is 4.62. The molecule has 100 valence electrons. The maximum Gasteiger partial charge on any atom is 0.340 e. The lowest BCUT2D eigenvalue weighted by molar-refractivity contribution is 0.0601. The number of aliphatic hydroxyl groups is 1. The zero-order chi connectivity index (χ0) is 13.7. The normalized spacial score (nSPS) is 12.1. The molecule has 0 radical (unpaired) electrons. The zero-order valence-corrected chi connectivity index (χ0v) is 11.8. The van der Waals surface area contributed by atoms with E-state index in [0.29, 0.717) is 10.7 Å². The van der Waals surface area contributed by atoms with Crippen LogP contribution in [0.5, 0.6) is 0 Å². The number of alkyl halides is 1. The quantitative estimate of drug-likeness (QED) is 0.648. The van der Waals surface area contributed by atoms with Crippen molar-refractivity contribution in [2.24, 2.45) is 0 Å². The predicted octanol–water partition coefficient (Wildman–Crippen LogP) is 2.79. The molecule has 1 aromatic carbocycles. The number of anilines is 1. The minimum Gasteiger partial charge on any atom is -0.465 e. The van der Waals surface area contributed by atoms with Crippen LogP contribution in [0.3, 0.4) is 0 Å². The fourth-order valence-electron chi connectivity index (χ4n) is 1.25. The summed E-state index contributed by atoms with van der Waals surface area (Å²) in [7, 11) is 1.27. The van der Waals surface area contributed by atoms with Gasteiger partial charge >= 0.3 is 5.97 Å². The van der Waals surface area contributed by atoms with E-state index in [4.69, 9.17) is 34.8 Å². The first kappa shape index (κ1) is 15.4. The minimum absolute atomic E-state index is 0.0852. The van der Waals surface area contributed by atoms with Crippen LogP contribution in [0.4, 0.5) is 5.69 Å². The molecule has 0 amide bonds. The van der Waals surface area contributed by atoms with Crippen LogP contribution >= 0.6 is 34.8 Å². The predicted molar refractivity (Wildman–Crippen MR) is 73.0 cm³/mol. The topological polar surface area (TPSA) is 58.6 Å². The smallest absolute Gasteiger partial charge is 0.340 e. The first-order valence-electron chi connectivity index (χ1n) is 5.04. The molecule has 0 saturated carbocycles. The Labute approximate surface area is 120 Å². The van der Waals surface area contributed by atoms with Gasteiger partial charge in [-0.25, -0.2) is 4.79 Å². The fraction of sp³-hybridized carbons (Fsp3) is 0.364. The Morgan fingerprint density at radius 2 is 2.06 bits per heavy atom. The first-order chi connectivity index (χ1) is 8.49. The molecule has 0 aliphatic rings. The molecule has 0 aliphatic heterocycles. The Hall–Kier alpha value is -0.680. The molecule has 0 saturated heterocycles. The molecule has 1 atom stereocenters. The highest BCUT2D eigenvalue weighted by Gasteiger charge is 2.15. The van der Waals surface area contributed by atoms with E-state index in [1.54, 1.807) is 0 Å². The number of esters is 1. The van der Waals surface area contributed by atoms with Crippen LogP contribution in [0, 0.1) is 0 Å². The second-order valence-electron chi connectivity index (χ2n) is 3.49. The lowest BCUT2D eigenvalue weighted by Crippen LogP contribution is -2.22. The summed E-state index contributed by atoms with van der Waals surface area (Å²) in [5.41, 5.74) is 0.675. The van der Waals surface area contributed by atoms with Gasteiger partial charge in [0.2, 0.25) is 0 Å². The van der Waals surface area contributed by atoms with Gasteiger partial charge in [-0.2, -0.15) is 0 Å². The maximum atomic E-state index is 11.6. The first-order valence-corrected chi connectivity index (χ1v) is 6.34. The van der Waals surface area contributed by atoms with E-state index in [0.717, 1.165) is 0 Å². The third kappa shape index (κ3) is 3.92. The lowest BCUT2D eigenvalue weighted by Gasteiger charge is -2.14. The van der Waals surface area contributed by atoms with Crippen LogP contribution in [0.15, 0.2) is 12.1 Å². The molecular formula is C11H12Cl3NO3. The van der Waals surface area contributed by atoms with Crippen LogP contribution < -0.4 is 5.32 Å². The highest BCUT2D eigenvalue weighted by molar-refractivity contribution is 6.42. The average Bonchev–Trinajstić information content (AvgIpc) is 2.38. The van der Waals surface area contributed by atoms with Gasteiger partial charge < -0.3 is 15.2 Å². The van der Waals surface area contributed by atoms with E-state index in [2.05, 4.69) is 10.1 Å². The number of hydrogen-bond donors (Lipinski definition) is 2. The highest BCUT2D eigenvalue weighted by Crippen LogP contribution is 2.29. The number of rotatable bonds is 5. The van der Waals surface area contributed by atoms with Crippen LogP contribution in [-0.2, 0) is 4.74 Å². The molecule has 18 heavy (non-hydrogen) atoms. The van der Waals surface area contributed by atoms with Crippen molar-refractivity contribution >= 4 is 46.5 Å².